The van der Waals surface area contributed by atoms with Gasteiger partial charge in [-0.15, -0.1) is 0 Å². The summed E-state index contributed by atoms with van der Waals surface area (Å²) >= 11 is 0. The van der Waals surface area contributed by atoms with Gasteiger partial charge in [0.15, 0.2) is 0 Å². The van der Waals surface area contributed by atoms with Crippen LogP contribution in [0.5, 0.6) is 0 Å². The van der Waals surface area contributed by atoms with Crippen LogP contribution in [0.25, 0.3) is 0 Å². The number of piperidine rings is 1. The normalized spacial score (nSPS) is 22.4. The standard InChI is InChI=1S/C10H20N2O2/c1-8(2)7-14-12-10(13)9-4-3-5-11-6-9/h8-9,11H,3-7H2,1-2H3,(H,12,13). The molecule has 1 aliphatic heterocycles. The summed E-state index contributed by atoms with van der Waals surface area (Å²) in [5.74, 6) is 0.536. The van der Waals surface area contributed by atoms with Crippen molar-refractivity contribution in [2.45, 2.75) is 26.7 Å². The number of carbonyl (C=O) groups excluding carboxylic acids is 1. The molecule has 1 fully saturated rings. The zero-order valence-corrected chi connectivity index (χ0v) is 9.01. The Morgan fingerprint density at radius 3 is 3.00 bits per heavy atom. The lowest BCUT2D eigenvalue weighted by Crippen LogP contribution is -2.40. The Morgan fingerprint density at radius 1 is 1.64 bits per heavy atom. The van der Waals surface area contributed by atoms with E-state index in [1.54, 1.807) is 0 Å². The van der Waals surface area contributed by atoms with Crippen molar-refractivity contribution in [2.24, 2.45) is 11.8 Å². The zero-order chi connectivity index (χ0) is 10.4. The fraction of sp³-hybridized carbons (Fsp3) is 0.900. The van der Waals surface area contributed by atoms with E-state index >= 15 is 0 Å². The summed E-state index contributed by atoms with van der Waals surface area (Å²) in [6.45, 7) is 6.47. The van der Waals surface area contributed by atoms with Gasteiger partial charge in [0.1, 0.15) is 0 Å². The molecular weight excluding hydrogens is 180 g/mol. The second-order valence-electron chi connectivity index (χ2n) is 4.21. The van der Waals surface area contributed by atoms with E-state index in [4.69, 9.17) is 4.84 Å². The van der Waals surface area contributed by atoms with Crippen LogP contribution in [-0.2, 0) is 9.63 Å². The molecule has 2 N–H and O–H groups in total. The molecule has 0 aromatic heterocycles. The van der Waals surface area contributed by atoms with E-state index in [1.165, 1.54) is 0 Å². The van der Waals surface area contributed by atoms with E-state index < -0.39 is 0 Å². The highest BCUT2D eigenvalue weighted by Crippen LogP contribution is 2.09. The summed E-state index contributed by atoms with van der Waals surface area (Å²) in [5, 5.41) is 3.20. The molecule has 0 aliphatic carbocycles. The van der Waals surface area contributed by atoms with Gasteiger partial charge in [0.2, 0.25) is 5.91 Å². The summed E-state index contributed by atoms with van der Waals surface area (Å²) in [6.07, 6.45) is 2.03. The van der Waals surface area contributed by atoms with Crippen LogP contribution >= 0.6 is 0 Å². The maximum absolute atomic E-state index is 11.5. The molecule has 0 aromatic rings. The third kappa shape index (κ3) is 4.07. The van der Waals surface area contributed by atoms with Crippen molar-refractivity contribution in [3.8, 4) is 0 Å². The van der Waals surface area contributed by atoms with Gasteiger partial charge < -0.3 is 5.32 Å². The van der Waals surface area contributed by atoms with Crippen LogP contribution in [0.4, 0.5) is 0 Å². The summed E-state index contributed by atoms with van der Waals surface area (Å²) in [7, 11) is 0. The maximum atomic E-state index is 11.5. The molecule has 82 valence electrons. The maximum Gasteiger partial charge on any atom is 0.247 e. The Kier molecular flexibility index (Phi) is 4.90. The van der Waals surface area contributed by atoms with Gasteiger partial charge >= 0.3 is 0 Å². The van der Waals surface area contributed by atoms with Gasteiger partial charge in [-0.1, -0.05) is 13.8 Å². The molecule has 0 aromatic carbocycles. The van der Waals surface area contributed by atoms with Crippen LogP contribution < -0.4 is 10.8 Å². The minimum atomic E-state index is 0.0119. The van der Waals surface area contributed by atoms with E-state index in [0.29, 0.717) is 12.5 Å². The molecule has 0 saturated carbocycles. The highest BCUT2D eigenvalue weighted by molar-refractivity contribution is 5.77. The number of hydrogen-bond acceptors (Lipinski definition) is 3. The number of nitrogens with one attached hydrogen (secondary N) is 2. The third-order valence-corrected chi connectivity index (χ3v) is 2.26. The van der Waals surface area contributed by atoms with Crippen LogP contribution in [0.3, 0.4) is 0 Å². The monoisotopic (exact) mass is 200 g/mol. The molecule has 1 rings (SSSR count). The van der Waals surface area contributed by atoms with E-state index in [9.17, 15) is 4.79 Å². The summed E-state index contributed by atoms with van der Waals surface area (Å²) in [4.78, 5) is 16.6. The van der Waals surface area contributed by atoms with Crippen molar-refractivity contribution < 1.29 is 9.63 Å². The van der Waals surface area contributed by atoms with Gasteiger partial charge in [-0.05, 0) is 25.3 Å². The van der Waals surface area contributed by atoms with E-state index in [1.807, 2.05) is 13.8 Å². The number of hydroxylamine groups is 1. The first-order chi connectivity index (χ1) is 6.70. The van der Waals surface area contributed by atoms with Crippen molar-refractivity contribution >= 4 is 5.91 Å². The summed E-state index contributed by atoms with van der Waals surface area (Å²) in [6, 6.07) is 0. The van der Waals surface area contributed by atoms with Gasteiger partial charge in [0, 0.05) is 6.54 Å². The Morgan fingerprint density at radius 2 is 2.43 bits per heavy atom. The fourth-order valence-electron chi connectivity index (χ4n) is 1.44. The number of carbonyl (C=O) groups is 1. The SMILES string of the molecule is CC(C)CONC(=O)C1CCCNC1. The molecule has 1 unspecified atom stereocenters. The van der Waals surface area contributed by atoms with Crippen molar-refractivity contribution in [3.63, 3.8) is 0 Å². The van der Waals surface area contributed by atoms with E-state index in [0.717, 1.165) is 25.9 Å². The molecule has 1 amide bonds. The van der Waals surface area contributed by atoms with Crippen LogP contribution in [0, 0.1) is 11.8 Å². The van der Waals surface area contributed by atoms with Crippen molar-refractivity contribution in [1.29, 1.82) is 0 Å². The van der Waals surface area contributed by atoms with Crippen LogP contribution in [0.1, 0.15) is 26.7 Å². The molecule has 4 nitrogen and oxygen atoms in total. The van der Waals surface area contributed by atoms with E-state index in [2.05, 4.69) is 10.8 Å². The largest absolute Gasteiger partial charge is 0.316 e. The molecule has 1 saturated heterocycles. The Bertz CT molecular complexity index is 177. The second-order valence-corrected chi connectivity index (χ2v) is 4.21. The first kappa shape index (κ1) is 11.5. The first-order valence-electron chi connectivity index (χ1n) is 5.32. The molecule has 1 heterocycles. The van der Waals surface area contributed by atoms with Crippen molar-refractivity contribution in [3.05, 3.63) is 0 Å². The lowest BCUT2D eigenvalue weighted by molar-refractivity contribution is -0.139. The lowest BCUT2D eigenvalue weighted by atomic mass is 9.99. The Balaban J connectivity index is 2.13. The second kappa shape index (κ2) is 5.98. The summed E-state index contributed by atoms with van der Waals surface area (Å²) < 4.78 is 0. The number of rotatable bonds is 4. The molecule has 0 bridgehead atoms. The smallest absolute Gasteiger partial charge is 0.247 e. The minimum Gasteiger partial charge on any atom is -0.316 e. The van der Waals surface area contributed by atoms with Crippen molar-refractivity contribution in [2.75, 3.05) is 19.7 Å². The molecular formula is C10H20N2O2. The summed E-state index contributed by atoms with van der Waals surface area (Å²) in [5.41, 5.74) is 2.50. The topological polar surface area (TPSA) is 50.4 Å². The average Bonchev–Trinajstić information content (AvgIpc) is 2.18. The highest BCUT2D eigenvalue weighted by Gasteiger charge is 2.20. The van der Waals surface area contributed by atoms with E-state index in [-0.39, 0.29) is 11.8 Å². The molecule has 0 spiro atoms. The van der Waals surface area contributed by atoms with Gasteiger partial charge in [-0.3, -0.25) is 9.63 Å². The first-order valence-corrected chi connectivity index (χ1v) is 5.32. The molecule has 1 atom stereocenters. The highest BCUT2D eigenvalue weighted by atomic mass is 16.6. The van der Waals surface area contributed by atoms with Gasteiger partial charge in [-0.2, -0.15) is 0 Å². The van der Waals surface area contributed by atoms with Gasteiger partial charge in [-0.25, -0.2) is 5.48 Å². The van der Waals surface area contributed by atoms with Crippen LogP contribution in [0.15, 0.2) is 0 Å². The Labute approximate surface area is 85.3 Å². The van der Waals surface area contributed by atoms with Gasteiger partial charge in [0.25, 0.3) is 0 Å². The van der Waals surface area contributed by atoms with Crippen LogP contribution in [0.2, 0.25) is 0 Å². The molecule has 1 aliphatic rings. The zero-order valence-electron chi connectivity index (χ0n) is 9.01. The predicted molar refractivity (Wildman–Crippen MR) is 54.5 cm³/mol. The predicted octanol–water partition coefficient (Wildman–Crippen LogP) is 0.690. The molecule has 0 radical (unpaired) electrons. The van der Waals surface area contributed by atoms with Crippen LogP contribution in [-0.4, -0.2) is 25.6 Å². The fourth-order valence-corrected chi connectivity index (χ4v) is 1.44. The molecule has 4 heteroatoms. The number of amides is 1. The average molecular weight is 200 g/mol. The third-order valence-electron chi connectivity index (χ3n) is 2.26. The van der Waals surface area contributed by atoms with Gasteiger partial charge in [0.05, 0.1) is 12.5 Å². The lowest BCUT2D eigenvalue weighted by Gasteiger charge is -2.21. The Hall–Kier alpha value is -0.610. The molecule has 14 heavy (non-hydrogen) atoms. The van der Waals surface area contributed by atoms with Crippen molar-refractivity contribution in [1.82, 2.24) is 10.8 Å². The number of hydrogen-bond donors (Lipinski definition) is 2. The quantitative estimate of drug-likeness (QED) is 0.656. The minimum absolute atomic E-state index is 0.0119.